The molecule has 0 aliphatic heterocycles. The van der Waals surface area contributed by atoms with Crippen LogP contribution in [0.15, 0.2) is 0 Å². The van der Waals surface area contributed by atoms with Crippen molar-refractivity contribution in [2.24, 2.45) is 0 Å². The number of nitrogens with zero attached hydrogens (tertiary/aromatic N) is 2. The van der Waals surface area contributed by atoms with Crippen LogP contribution in [-0.4, -0.2) is 30.3 Å². The van der Waals surface area contributed by atoms with Gasteiger partial charge in [-0.2, -0.15) is 0 Å². The van der Waals surface area contributed by atoms with Gasteiger partial charge >= 0.3 is 0 Å². The zero-order valence-corrected chi connectivity index (χ0v) is 12.1. The van der Waals surface area contributed by atoms with E-state index in [1.807, 2.05) is 0 Å². The van der Waals surface area contributed by atoms with Gasteiger partial charge in [0.05, 0.1) is 22.8 Å². The Balaban J connectivity index is 3.11. The van der Waals surface area contributed by atoms with Crippen molar-refractivity contribution in [1.82, 2.24) is 4.98 Å². The number of thiazole rings is 1. The van der Waals surface area contributed by atoms with Crippen molar-refractivity contribution in [2.45, 2.75) is 39.9 Å². The molecule has 0 saturated carbocycles. The molecule has 0 amide bonds. The Morgan fingerprint density at radius 2 is 1.94 bits per heavy atom. The van der Waals surface area contributed by atoms with Gasteiger partial charge in [0, 0.05) is 20.2 Å². The minimum Gasteiger partial charge on any atom is -0.385 e. The summed E-state index contributed by atoms with van der Waals surface area (Å²) in [7, 11) is 1.64. The van der Waals surface area contributed by atoms with E-state index in [0.717, 1.165) is 28.8 Å². The number of hydrogen-bond donors (Lipinski definition) is 1. The topological polar surface area (TPSA) is 45.6 Å². The fourth-order valence-electron chi connectivity index (χ4n) is 1.68. The molecule has 1 heterocycles. The van der Waals surface area contributed by atoms with E-state index < -0.39 is 5.60 Å². The smallest absolute Gasteiger partial charge is 0.185 e. The number of hydrogen-bond acceptors (Lipinski definition) is 5. The van der Waals surface area contributed by atoms with E-state index in [2.05, 4.69) is 23.7 Å². The molecule has 0 unspecified atom stereocenters. The van der Waals surface area contributed by atoms with Crippen LogP contribution in [0.2, 0.25) is 0 Å². The highest BCUT2D eigenvalue weighted by atomic mass is 32.1. The first-order valence-electron chi connectivity index (χ1n) is 5.90. The third-order valence-corrected chi connectivity index (χ3v) is 4.03. The lowest BCUT2D eigenvalue weighted by Gasteiger charge is -2.17. The van der Waals surface area contributed by atoms with Crippen LogP contribution in [0.25, 0.3) is 0 Å². The van der Waals surface area contributed by atoms with Crippen LogP contribution in [0, 0.1) is 0 Å². The highest BCUT2D eigenvalue weighted by Gasteiger charge is 2.25. The number of rotatable bonds is 6. The summed E-state index contributed by atoms with van der Waals surface area (Å²) in [6.07, 6.45) is 0. The Morgan fingerprint density at radius 1 is 1.35 bits per heavy atom. The number of methoxy groups -OCH3 is 1. The number of aromatic nitrogens is 1. The van der Waals surface area contributed by atoms with Crippen molar-refractivity contribution in [1.29, 1.82) is 0 Å². The summed E-state index contributed by atoms with van der Waals surface area (Å²) in [6, 6.07) is 0. The summed E-state index contributed by atoms with van der Waals surface area (Å²) < 4.78 is 5.14. The Labute approximate surface area is 107 Å². The van der Waals surface area contributed by atoms with Crippen LogP contribution in [0.4, 0.5) is 5.13 Å². The normalized spacial score (nSPS) is 11.9. The van der Waals surface area contributed by atoms with Gasteiger partial charge in [0.2, 0.25) is 0 Å². The SMILES string of the molecule is CCN(CC)c1nc(COC)c(C(C)(C)O)s1. The average Bonchev–Trinajstić information content (AvgIpc) is 2.64. The molecule has 0 radical (unpaired) electrons. The predicted octanol–water partition coefficient (Wildman–Crippen LogP) is 2.36. The van der Waals surface area contributed by atoms with Gasteiger partial charge in [-0.15, -0.1) is 0 Å². The van der Waals surface area contributed by atoms with Gasteiger partial charge in [0.15, 0.2) is 5.13 Å². The molecule has 17 heavy (non-hydrogen) atoms. The molecule has 5 heteroatoms. The van der Waals surface area contributed by atoms with Crippen LogP contribution < -0.4 is 4.90 Å². The molecule has 98 valence electrons. The molecule has 0 bridgehead atoms. The lowest BCUT2D eigenvalue weighted by Crippen LogP contribution is -2.21. The summed E-state index contributed by atoms with van der Waals surface area (Å²) in [6.45, 7) is 10.0. The number of anilines is 1. The van der Waals surface area contributed by atoms with E-state index in [-0.39, 0.29) is 0 Å². The third-order valence-electron chi connectivity index (χ3n) is 2.56. The van der Waals surface area contributed by atoms with E-state index in [1.54, 1.807) is 32.3 Å². The minimum atomic E-state index is -0.864. The van der Waals surface area contributed by atoms with Gasteiger partial charge in [0.25, 0.3) is 0 Å². The van der Waals surface area contributed by atoms with Crippen LogP contribution in [0.5, 0.6) is 0 Å². The molecule has 0 fully saturated rings. The zero-order valence-electron chi connectivity index (χ0n) is 11.3. The predicted molar refractivity (Wildman–Crippen MR) is 71.6 cm³/mol. The molecule has 0 aliphatic rings. The molecule has 4 nitrogen and oxygen atoms in total. The van der Waals surface area contributed by atoms with E-state index in [9.17, 15) is 5.11 Å². The Morgan fingerprint density at radius 3 is 2.35 bits per heavy atom. The molecular weight excluding hydrogens is 236 g/mol. The van der Waals surface area contributed by atoms with Gasteiger partial charge in [0.1, 0.15) is 0 Å². The van der Waals surface area contributed by atoms with Crippen molar-refractivity contribution >= 4 is 16.5 Å². The average molecular weight is 258 g/mol. The standard InChI is InChI=1S/C12H22N2O2S/c1-6-14(7-2)11-13-9(8-16-5)10(17-11)12(3,4)15/h15H,6-8H2,1-5H3. The lowest BCUT2D eigenvalue weighted by molar-refractivity contribution is 0.0782. The van der Waals surface area contributed by atoms with E-state index in [0.29, 0.717) is 6.61 Å². The van der Waals surface area contributed by atoms with E-state index in [4.69, 9.17) is 4.74 Å². The summed E-state index contributed by atoms with van der Waals surface area (Å²) >= 11 is 1.55. The Hall–Kier alpha value is -0.650. The first-order valence-corrected chi connectivity index (χ1v) is 6.72. The molecule has 1 rings (SSSR count). The molecular formula is C12H22N2O2S. The maximum Gasteiger partial charge on any atom is 0.185 e. The first kappa shape index (κ1) is 14.4. The fraction of sp³-hybridized carbons (Fsp3) is 0.750. The van der Waals surface area contributed by atoms with Crippen LogP contribution in [0.1, 0.15) is 38.3 Å². The molecule has 0 aliphatic carbocycles. The second kappa shape index (κ2) is 5.80. The quantitative estimate of drug-likeness (QED) is 0.851. The minimum absolute atomic E-state index is 0.442. The van der Waals surface area contributed by atoms with Crippen molar-refractivity contribution in [3.8, 4) is 0 Å². The molecule has 1 aromatic heterocycles. The summed E-state index contributed by atoms with van der Waals surface area (Å²) in [5.41, 5.74) is -0.0244. The Bertz CT molecular complexity index is 354. The van der Waals surface area contributed by atoms with Gasteiger partial charge in [-0.05, 0) is 27.7 Å². The maximum absolute atomic E-state index is 10.1. The van der Waals surface area contributed by atoms with Crippen LogP contribution in [-0.2, 0) is 16.9 Å². The lowest BCUT2D eigenvalue weighted by atomic mass is 10.1. The molecule has 1 N–H and O–H groups in total. The second-order valence-corrected chi connectivity index (χ2v) is 5.41. The van der Waals surface area contributed by atoms with Crippen molar-refractivity contribution in [2.75, 3.05) is 25.1 Å². The first-order chi connectivity index (χ1) is 7.93. The second-order valence-electron chi connectivity index (χ2n) is 4.44. The molecule has 1 aromatic rings. The third kappa shape index (κ3) is 3.40. The van der Waals surface area contributed by atoms with Gasteiger partial charge < -0.3 is 14.7 Å². The van der Waals surface area contributed by atoms with Gasteiger partial charge in [-0.1, -0.05) is 11.3 Å². The summed E-state index contributed by atoms with van der Waals surface area (Å²) in [5.74, 6) is 0. The summed E-state index contributed by atoms with van der Waals surface area (Å²) in [5, 5.41) is 11.1. The van der Waals surface area contributed by atoms with E-state index in [1.165, 1.54) is 0 Å². The van der Waals surface area contributed by atoms with Crippen LogP contribution >= 0.6 is 11.3 Å². The molecule has 0 spiro atoms. The van der Waals surface area contributed by atoms with Gasteiger partial charge in [-0.25, -0.2) is 4.98 Å². The van der Waals surface area contributed by atoms with Crippen molar-refractivity contribution < 1.29 is 9.84 Å². The largest absolute Gasteiger partial charge is 0.385 e. The molecule has 0 atom stereocenters. The van der Waals surface area contributed by atoms with Crippen molar-refractivity contribution in [3.63, 3.8) is 0 Å². The monoisotopic (exact) mass is 258 g/mol. The van der Waals surface area contributed by atoms with Crippen LogP contribution in [0.3, 0.4) is 0 Å². The fourth-order valence-corrected chi connectivity index (χ4v) is 2.88. The molecule has 0 saturated heterocycles. The number of aliphatic hydroxyl groups is 1. The zero-order chi connectivity index (χ0) is 13.1. The Kier molecular flexibility index (Phi) is 4.91. The molecule has 0 aromatic carbocycles. The number of ether oxygens (including phenoxy) is 1. The van der Waals surface area contributed by atoms with Crippen molar-refractivity contribution in [3.05, 3.63) is 10.6 Å². The highest BCUT2D eigenvalue weighted by Crippen LogP contribution is 2.34. The van der Waals surface area contributed by atoms with E-state index >= 15 is 0 Å². The van der Waals surface area contributed by atoms with Gasteiger partial charge in [-0.3, -0.25) is 0 Å². The highest BCUT2D eigenvalue weighted by molar-refractivity contribution is 7.15. The maximum atomic E-state index is 10.1. The summed E-state index contributed by atoms with van der Waals surface area (Å²) in [4.78, 5) is 7.64.